The molecule has 1 aromatic heterocycles. The quantitative estimate of drug-likeness (QED) is 0.304. The zero-order valence-corrected chi connectivity index (χ0v) is 22.0. The summed E-state index contributed by atoms with van der Waals surface area (Å²) in [6.07, 6.45) is -4.94. The van der Waals surface area contributed by atoms with Crippen molar-refractivity contribution < 1.29 is 27.5 Å². The van der Waals surface area contributed by atoms with E-state index in [4.69, 9.17) is 0 Å². The molecular weight excluding hydrogens is 541 g/mol. The van der Waals surface area contributed by atoms with Crippen LogP contribution >= 0.6 is 11.3 Å². The molecule has 1 fully saturated rings. The molecule has 206 valence electrons. The first-order valence-corrected chi connectivity index (χ1v) is 13.4. The van der Waals surface area contributed by atoms with E-state index in [1.165, 1.54) is 34.7 Å². The van der Waals surface area contributed by atoms with E-state index >= 15 is 0 Å². The third kappa shape index (κ3) is 6.49. The number of benzene rings is 3. The molecule has 0 unspecified atom stereocenters. The van der Waals surface area contributed by atoms with E-state index in [1.54, 1.807) is 4.90 Å². The number of hydrogen-bond donors (Lipinski definition) is 1. The fraction of sp³-hybridized carbons (Fsp3) is 0.207. The van der Waals surface area contributed by atoms with Crippen molar-refractivity contribution in [1.29, 1.82) is 0 Å². The van der Waals surface area contributed by atoms with Gasteiger partial charge in [0.2, 0.25) is 0 Å². The summed E-state index contributed by atoms with van der Waals surface area (Å²) in [7, 11) is 0. The van der Waals surface area contributed by atoms with Crippen molar-refractivity contribution in [3.63, 3.8) is 0 Å². The Morgan fingerprint density at radius 3 is 2.02 bits per heavy atom. The van der Waals surface area contributed by atoms with E-state index < -0.39 is 18.0 Å². The van der Waals surface area contributed by atoms with Crippen LogP contribution in [-0.2, 0) is 0 Å². The van der Waals surface area contributed by atoms with E-state index in [1.807, 2.05) is 36.4 Å². The average molecular weight is 567 g/mol. The number of alkyl halides is 3. The molecule has 5 rings (SSSR count). The van der Waals surface area contributed by atoms with Crippen LogP contribution in [0.5, 0.6) is 5.75 Å². The Balaban J connectivity index is 1.23. The topological polar surface area (TPSA) is 74.8 Å². The highest BCUT2D eigenvalue weighted by Gasteiger charge is 2.33. The number of nitrogens with zero attached hydrogens (tertiary/aromatic N) is 3. The number of ether oxygens (including phenoxy) is 1. The summed E-state index contributed by atoms with van der Waals surface area (Å²) >= 11 is 1.02. The van der Waals surface area contributed by atoms with Gasteiger partial charge in [0.1, 0.15) is 11.4 Å². The Bertz CT molecular complexity index is 1420. The molecule has 1 saturated heterocycles. The summed E-state index contributed by atoms with van der Waals surface area (Å²) in [4.78, 5) is 34.1. The molecule has 2 heterocycles. The molecule has 1 aliphatic rings. The second kappa shape index (κ2) is 11.9. The standard InChI is InChI=1S/C29H25F3N4O3S/c30-29(31,32)39-24-14-8-7-13-22(24)26(37)34-28-33-23(19-40-28)27(38)36-17-15-35(16-18-36)25(20-9-3-1-4-10-20)21-11-5-2-6-12-21/h1-14,19,25H,15-18H2,(H,33,34,37). The first kappa shape index (κ1) is 27.4. The fourth-order valence-corrected chi connectivity index (χ4v) is 5.37. The molecule has 1 N–H and O–H groups in total. The lowest BCUT2D eigenvalue weighted by Crippen LogP contribution is -2.50. The van der Waals surface area contributed by atoms with Gasteiger partial charge >= 0.3 is 6.36 Å². The SMILES string of the molecule is O=C(Nc1nc(C(=O)N2CCN(C(c3ccccc3)c3ccccc3)CC2)cs1)c1ccccc1OC(F)(F)F. The number of halogens is 3. The zero-order valence-electron chi connectivity index (χ0n) is 21.2. The number of amides is 2. The van der Waals surface area contributed by atoms with Crippen LogP contribution in [0.1, 0.15) is 38.0 Å². The molecular formula is C29H25F3N4O3S. The number of para-hydroxylation sites is 1. The average Bonchev–Trinajstić information content (AvgIpc) is 3.42. The van der Waals surface area contributed by atoms with E-state index in [0.717, 1.165) is 17.4 Å². The maximum absolute atomic E-state index is 13.2. The van der Waals surface area contributed by atoms with Crippen molar-refractivity contribution in [2.24, 2.45) is 0 Å². The van der Waals surface area contributed by atoms with Gasteiger partial charge in [0.05, 0.1) is 11.6 Å². The normalized spacial score (nSPS) is 14.2. The lowest BCUT2D eigenvalue weighted by atomic mass is 9.96. The maximum atomic E-state index is 13.2. The molecule has 0 atom stereocenters. The molecule has 1 aliphatic heterocycles. The molecule has 0 aliphatic carbocycles. The molecule has 0 spiro atoms. The van der Waals surface area contributed by atoms with Gasteiger partial charge in [-0.1, -0.05) is 72.8 Å². The molecule has 0 radical (unpaired) electrons. The van der Waals surface area contributed by atoms with Gasteiger partial charge < -0.3 is 9.64 Å². The number of aromatic nitrogens is 1. The van der Waals surface area contributed by atoms with Crippen LogP contribution in [0.2, 0.25) is 0 Å². The molecule has 2 amide bonds. The van der Waals surface area contributed by atoms with Crippen LogP contribution in [0.25, 0.3) is 0 Å². The Kier molecular flexibility index (Phi) is 8.13. The van der Waals surface area contributed by atoms with Crippen LogP contribution in [0.15, 0.2) is 90.3 Å². The van der Waals surface area contributed by atoms with E-state index in [9.17, 15) is 22.8 Å². The third-order valence-electron chi connectivity index (χ3n) is 6.50. The molecule has 0 saturated carbocycles. The molecule has 11 heteroatoms. The summed E-state index contributed by atoms with van der Waals surface area (Å²) in [5.74, 6) is -1.72. The fourth-order valence-electron chi connectivity index (χ4n) is 4.69. The predicted octanol–water partition coefficient (Wildman–Crippen LogP) is 5.84. The number of carbonyl (C=O) groups is 2. The van der Waals surface area contributed by atoms with E-state index in [2.05, 4.69) is 44.2 Å². The van der Waals surface area contributed by atoms with Crippen LogP contribution < -0.4 is 10.1 Å². The van der Waals surface area contributed by atoms with Crippen molar-refractivity contribution >= 4 is 28.3 Å². The Morgan fingerprint density at radius 2 is 1.43 bits per heavy atom. The third-order valence-corrected chi connectivity index (χ3v) is 7.26. The monoisotopic (exact) mass is 566 g/mol. The van der Waals surface area contributed by atoms with Gasteiger partial charge in [-0.15, -0.1) is 24.5 Å². The lowest BCUT2D eigenvalue weighted by Gasteiger charge is -2.39. The minimum atomic E-state index is -4.94. The van der Waals surface area contributed by atoms with E-state index in [0.29, 0.717) is 26.2 Å². The Labute approximate surface area is 232 Å². The highest BCUT2D eigenvalue weighted by molar-refractivity contribution is 7.14. The zero-order chi connectivity index (χ0) is 28.1. The predicted molar refractivity (Wildman–Crippen MR) is 145 cm³/mol. The number of anilines is 1. The van der Waals surface area contributed by atoms with Gasteiger partial charge in [-0.2, -0.15) is 0 Å². The first-order valence-electron chi connectivity index (χ1n) is 12.5. The minimum Gasteiger partial charge on any atom is -0.405 e. The van der Waals surface area contributed by atoms with Gasteiger partial charge in [0, 0.05) is 31.6 Å². The van der Waals surface area contributed by atoms with Gasteiger partial charge in [-0.05, 0) is 23.3 Å². The summed E-state index contributed by atoms with van der Waals surface area (Å²) in [6, 6.07) is 25.6. The summed E-state index contributed by atoms with van der Waals surface area (Å²) in [5.41, 5.74) is 2.22. The highest BCUT2D eigenvalue weighted by atomic mass is 32.1. The molecule has 7 nitrogen and oxygen atoms in total. The molecule has 4 aromatic rings. The summed E-state index contributed by atoms with van der Waals surface area (Å²) in [6.45, 7) is 2.31. The number of rotatable bonds is 7. The molecule has 40 heavy (non-hydrogen) atoms. The van der Waals surface area contributed by atoms with Crippen LogP contribution in [-0.4, -0.2) is 59.1 Å². The number of nitrogens with one attached hydrogen (secondary N) is 1. The van der Waals surface area contributed by atoms with Gasteiger partial charge in [-0.3, -0.25) is 19.8 Å². The van der Waals surface area contributed by atoms with Crippen molar-refractivity contribution in [2.75, 3.05) is 31.5 Å². The van der Waals surface area contributed by atoms with Crippen LogP contribution in [0.3, 0.4) is 0 Å². The van der Waals surface area contributed by atoms with Crippen molar-refractivity contribution in [3.05, 3.63) is 113 Å². The van der Waals surface area contributed by atoms with Crippen molar-refractivity contribution in [2.45, 2.75) is 12.4 Å². The van der Waals surface area contributed by atoms with Gasteiger partial charge in [0.25, 0.3) is 11.8 Å². The van der Waals surface area contributed by atoms with Crippen molar-refractivity contribution in [3.8, 4) is 5.75 Å². The largest absolute Gasteiger partial charge is 0.573 e. The molecule has 3 aromatic carbocycles. The Hall–Kier alpha value is -4.22. The van der Waals surface area contributed by atoms with Crippen molar-refractivity contribution in [1.82, 2.24) is 14.8 Å². The van der Waals surface area contributed by atoms with Gasteiger partial charge in [0.15, 0.2) is 5.13 Å². The highest BCUT2D eigenvalue weighted by Crippen LogP contribution is 2.30. The summed E-state index contributed by atoms with van der Waals surface area (Å²) < 4.78 is 42.1. The summed E-state index contributed by atoms with van der Waals surface area (Å²) in [5, 5.41) is 4.09. The minimum absolute atomic E-state index is 0.0601. The number of thiazole rings is 1. The first-order chi connectivity index (χ1) is 19.3. The van der Waals surface area contributed by atoms with Crippen LogP contribution in [0.4, 0.5) is 18.3 Å². The molecule has 0 bridgehead atoms. The number of piperazine rings is 1. The second-order valence-electron chi connectivity index (χ2n) is 9.09. The Morgan fingerprint density at radius 1 is 0.850 bits per heavy atom. The lowest BCUT2D eigenvalue weighted by molar-refractivity contribution is -0.274. The second-order valence-corrected chi connectivity index (χ2v) is 9.95. The smallest absolute Gasteiger partial charge is 0.405 e. The van der Waals surface area contributed by atoms with Gasteiger partial charge in [-0.25, -0.2) is 4.98 Å². The number of carbonyl (C=O) groups excluding carboxylic acids is 2. The van der Waals surface area contributed by atoms with Crippen LogP contribution in [0, 0.1) is 0 Å². The number of hydrogen-bond acceptors (Lipinski definition) is 6. The van der Waals surface area contributed by atoms with E-state index in [-0.39, 0.29) is 28.3 Å². The maximum Gasteiger partial charge on any atom is 0.573 e.